The largest absolute Gasteiger partial charge is 0.369 e. The van der Waals surface area contributed by atoms with Crippen LogP contribution < -0.4 is 11.1 Å². The van der Waals surface area contributed by atoms with Crippen LogP contribution in [0.2, 0.25) is 0 Å². The molecule has 1 aromatic carbocycles. The highest BCUT2D eigenvalue weighted by Crippen LogP contribution is 2.29. The predicted octanol–water partition coefficient (Wildman–Crippen LogP) is 1.47. The van der Waals surface area contributed by atoms with E-state index in [0.29, 0.717) is 31.1 Å². The molecule has 1 aromatic heterocycles. The first kappa shape index (κ1) is 16.2. The number of benzene rings is 1. The van der Waals surface area contributed by atoms with Crippen LogP contribution in [0.3, 0.4) is 0 Å². The van der Waals surface area contributed by atoms with Crippen LogP contribution in [-0.2, 0) is 9.59 Å². The highest BCUT2D eigenvalue weighted by molar-refractivity contribution is 5.95. The van der Waals surface area contributed by atoms with E-state index in [1.807, 2.05) is 35.2 Å². The molecule has 2 heterocycles. The van der Waals surface area contributed by atoms with Gasteiger partial charge in [0.15, 0.2) is 5.82 Å². The van der Waals surface area contributed by atoms with Gasteiger partial charge in [0.1, 0.15) is 11.8 Å². The lowest BCUT2D eigenvalue weighted by atomic mass is 10.0. The predicted molar refractivity (Wildman–Crippen MR) is 87.9 cm³/mol. The van der Waals surface area contributed by atoms with Crippen LogP contribution >= 0.6 is 0 Å². The van der Waals surface area contributed by atoms with Gasteiger partial charge in [0.25, 0.3) is 0 Å². The molecular weight excluding hydrogens is 308 g/mol. The summed E-state index contributed by atoms with van der Waals surface area (Å²) in [5.74, 6) is 0.246. The van der Waals surface area contributed by atoms with E-state index in [2.05, 4.69) is 10.5 Å². The Morgan fingerprint density at radius 1 is 1.38 bits per heavy atom. The van der Waals surface area contributed by atoms with Crippen LogP contribution in [0, 0.1) is 12.8 Å². The van der Waals surface area contributed by atoms with Crippen molar-refractivity contribution < 1.29 is 14.1 Å². The van der Waals surface area contributed by atoms with Crippen molar-refractivity contribution in [3.8, 4) is 0 Å². The number of hydrogen-bond acceptors (Lipinski definition) is 5. The molecule has 0 radical (unpaired) electrons. The summed E-state index contributed by atoms with van der Waals surface area (Å²) < 4.78 is 4.99. The van der Waals surface area contributed by atoms with E-state index in [0.717, 1.165) is 5.56 Å². The molecular formula is C17H20N4O3. The standard InChI is InChI=1S/C17H20N4O3/c1-11-9-14(20-24-11)19-17(23)15(12-5-3-2-4-6-12)21-8-7-13(10-21)16(18)22/h2-6,9,13,15H,7-8,10H2,1H3,(H2,18,22)(H,19,20,23). The molecule has 3 rings (SSSR count). The number of nitrogens with zero attached hydrogens (tertiary/aromatic N) is 2. The lowest BCUT2D eigenvalue weighted by Gasteiger charge is -2.26. The fourth-order valence-corrected chi connectivity index (χ4v) is 3.04. The highest BCUT2D eigenvalue weighted by atomic mass is 16.5. The minimum Gasteiger partial charge on any atom is -0.369 e. The van der Waals surface area contributed by atoms with Crippen molar-refractivity contribution in [3.63, 3.8) is 0 Å². The molecule has 0 aliphatic carbocycles. The highest BCUT2D eigenvalue weighted by Gasteiger charge is 2.35. The Labute approximate surface area is 139 Å². The summed E-state index contributed by atoms with van der Waals surface area (Å²) >= 11 is 0. The number of nitrogens with one attached hydrogen (secondary N) is 1. The SMILES string of the molecule is Cc1cc(NC(=O)C(c2ccccc2)N2CCC(C(N)=O)C2)no1. The third-order valence-corrected chi connectivity index (χ3v) is 4.23. The summed E-state index contributed by atoms with van der Waals surface area (Å²) in [7, 11) is 0. The summed E-state index contributed by atoms with van der Waals surface area (Å²) in [6, 6.07) is 10.6. The number of likely N-dealkylation sites (tertiary alicyclic amines) is 1. The molecule has 2 unspecified atom stereocenters. The summed E-state index contributed by atoms with van der Waals surface area (Å²) in [4.78, 5) is 26.3. The van der Waals surface area contributed by atoms with E-state index in [-0.39, 0.29) is 17.7 Å². The lowest BCUT2D eigenvalue weighted by Crippen LogP contribution is -2.37. The number of hydrogen-bond donors (Lipinski definition) is 2. The monoisotopic (exact) mass is 328 g/mol. The minimum atomic E-state index is -0.507. The maximum absolute atomic E-state index is 12.8. The number of nitrogens with two attached hydrogens (primary N) is 1. The molecule has 24 heavy (non-hydrogen) atoms. The fourth-order valence-electron chi connectivity index (χ4n) is 3.04. The molecule has 1 aliphatic rings. The first-order valence-electron chi connectivity index (χ1n) is 7.87. The number of carbonyl (C=O) groups excluding carboxylic acids is 2. The van der Waals surface area contributed by atoms with Crippen molar-refractivity contribution in [2.24, 2.45) is 11.7 Å². The van der Waals surface area contributed by atoms with Gasteiger partial charge in [-0.15, -0.1) is 0 Å². The molecule has 126 valence electrons. The second kappa shape index (κ2) is 6.84. The van der Waals surface area contributed by atoms with Gasteiger partial charge in [-0.3, -0.25) is 14.5 Å². The Hall–Kier alpha value is -2.67. The van der Waals surface area contributed by atoms with Gasteiger partial charge in [0.2, 0.25) is 11.8 Å². The molecule has 0 saturated carbocycles. The number of aromatic nitrogens is 1. The molecule has 0 bridgehead atoms. The number of anilines is 1. The van der Waals surface area contributed by atoms with Gasteiger partial charge in [0, 0.05) is 19.2 Å². The third-order valence-electron chi connectivity index (χ3n) is 4.23. The molecule has 1 saturated heterocycles. The topological polar surface area (TPSA) is 101 Å². The summed E-state index contributed by atoms with van der Waals surface area (Å²) in [6.07, 6.45) is 0.662. The Kier molecular flexibility index (Phi) is 4.61. The van der Waals surface area contributed by atoms with E-state index >= 15 is 0 Å². The van der Waals surface area contributed by atoms with Crippen molar-refractivity contribution in [1.82, 2.24) is 10.1 Å². The van der Waals surface area contributed by atoms with Crippen LogP contribution in [0.15, 0.2) is 40.9 Å². The van der Waals surface area contributed by atoms with Gasteiger partial charge >= 0.3 is 0 Å². The Morgan fingerprint density at radius 3 is 2.71 bits per heavy atom. The normalized spacial score (nSPS) is 19.1. The van der Waals surface area contributed by atoms with E-state index in [9.17, 15) is 9.59 Å². The molecule has 1 aliphatic heterocycles. The molecule has 7 nitrogen and oxygen atoms in total. The average molecular weight is 328 g/mol. The molecule has 2 amide bonds. The molecule has 1 fully saturated rings. The van der Waals surface area contributed by atoms with Crippen molar-refractivity contribution in [1.29, 1.82) is 0 Å². The summed E-state index contributed by atoms with van der Waals surface area (Å²) in [5, 5.41) is 6.58. The van der Waals surface area contributed by atoms with Crippen molar-refractivity contribution in [2.75, 3.05) is 18.4 Å². The molecule has 0 spiro atoms. The van der Waals surface area contributed by atoms with Crippen LogP contribution in [0.5, 0.6) is 0 Å². The summed E-state index contributed by atoms with van der Waals surface area (Å²) in [5.41, 5.74) is 6.27. The van der Waals surface area contributed by atoms with E-state index in [1.54, 1.807) is 13.0 Å². The van der Waals surface area contributed by atoms with Crippen LogP contribution in [-0.4, -0.2) is 35.0 Å². The Bertz CT molecular complexity index is 728. The molecule has 2 aromatic rings. The first-order chi connectivity index (χ1) is 11.5. The van der Waals surface area contributed by atoms with Gasteiger partial charge in [-0.25, -0.2) is 0 Å². The zero-order valence-corrected chi connectivity index (χ0v) is 13.4. The zero-order chi connectivity index (χ0) is 17.1. The van der Waals surface area contributed by atoms with Gasteiger partial charge in [-0.1, -0.05) is 35.5 Å². The van der Waals surface area contributed by atoms with Crippen LogP contribution in [0.25, 0.3) is 0 Å². The van der Waals surface area contributed by atoms with Gasteiger partial charge in [-0.2, -0.15) is 0 Å². The summed E-state index contributed by atoms with van der Waals surface area (Å²) in [6.45, 7) is 2.87. The smallest absolute Gasteiger partial charge is 0.247 e. The zero-order valence-electron chi connectivity index (χ0n) is 13.4. The molecule has 3 N–H and O–H groups in total. The quantitative estimate of drug-likeness (QED) is 0.865. The minimum absolute atomic E-state index is 0.209. The van der Waals surface area contributed by atoms with Gasteiger partial charge in [0.05, 0.1) is 5.92 Å². The second-order valence-electron chi connectivity index (χ2n) is 6.01. The van der Waals surface area contributed by atoms with E-state index in [1.165, 1.54) is 0 Å². The fraction of sp³-hybridized carbons (Fsp3) is 0.353. The number of carbonyl (C=O) groups is 2. The van der Waals surface area contributed by atoms with E-state index in [4.69, 9.17) is 10.3 Å². The van der Waals surface area contributed by atoms with Gasteiger partial charge in [-0.05, 0) is 18.9 Å². The van der Waals surface area contributed by atoms with E-state index < -0.39 is 6.04 Å². The molecule has 7 heteroatoms. The van der Waals surface area contributed by atoms with Crippen molar-refractivity contribution in [3.05, 3.63) is 47.7 Å². The maximum atomic E-state index is 12.8. The number of amides is 2. The van der Waals surface area contributed by atoms with Gasteiger partial charge < -0.3 is 15.6 Å². The second-order valence-corrected chi connectivity index (χ2v) is 6.01. The number of rotatable bonds is 5. The maximum Gasteiger partial charge on any atom is 0.247 e. The van der Waals surface area contributed by atoms with Crippen molar-refractivity contribution >= 4 is 17.6 Å². The van der Waals surface area contributed by atoms with Crippen LogP contribution in [0.1, 0.15) is 23.8 Å². The average Bonchev–Trinajstić information content (AvgIpc) is 3.18. The first-order valence-corrected chi connectivity index (χ1v) is 7.87. The number of primary amides is 1. The van der Waals surface area contributed by atoms with Crippen LogP contribution in [0.4, 0.5) is 5.82 Å². The van der Waals surface area contributed by atoms with Crippen molar-refractivity contribution in [2.45, 2.75) is 19.4 Å². The third kappa shape index (κ3) is 3.46. The lowest BCUT2D eigenvalue weighted by molar-refractivity contribution is -0.123. The number of aryl methyl sites for hydroxylation is 1. The Morgan fingerprint density at radius 2 is 2.12 bits per heavy atom. The molecule has 2 atom stereocenters. The Balaban J connectivity index is 1.82.